The van der Waals surface area contributed by atoms with E-state index in [0.717, 1.165) is 24.1 Å². The summed E-state index contributed by atoms with van der Waals surface area (Å²) in [6.45, 7) is 3.82. The first kappa shape index (κ1) is 12.9. The number of carboxylic acid groups (broad SMARTS) is 1. The van der Waals surface area contributed by atoms with E-state index in [0.29, 0.717) is 19.2 Å². The summed E-state index contributed by atoms with van der Waals surface area (Å²) in [5, 5.41) is 9.10. The van der Waals surface area contributed by atoms with Gasteiger partial charge in [0.1, 0.15) is 0 Å². The zero-order chi connectivity index (χ0) is 14.1. The summed E-state index contributed by atoms with van der Waals surface area (Å²) in [5.74, 6) is -0.947. The largest absolute Gasteiger partial charge is 0.478 e. The zero-order valence-corrected chi connectivity index (χ0v) is 11.2. The highest BCUT2D eigenvalue weighted by atomic mass is 16.5. The number of aromatic carboxylic acids is 1. The number of carbonyl (C=O) groups is 1. The lowest BCUT2D eigenvalue weighted by atomic mass is 10.1. The van der Waals surface area contributed by atoms with Crippen LogP contribution in [0.2, 0.25) is 0 Å². The van der Waals surface area contributed by atoms with Crippen molar-refractivity contribution >= 4 is 17.0 Å². The van der Waals surface area contributed by atoms with Crippen LogP contribution in [0, 0.1) is 0 Å². The van der Waals surface area contributed by atoms with E-state index in [2.05, 4.69) is 4.98 Å². The van der Waals surface area contributed by atoms with Crippen molar-refractivity contribution in [1.82, 2.24) is 9.55 Å². The summed E-state index contributed by atoms with van der Waals surface area (Å²) < 4.78 is 12.9. The van der Waals surface area contributed by atoms with Crippen LogP contribution in [-0.4, -0.2) is 39.9 Å². The molecule has 6 nitrogen and oxygen atoms in total. The third-order valence-electron chi connectivity index (χ3n) is 3.41. The average molecular weight is 276 g/mol. The van der Waals surface area contributed by atoms with E-state index < -0.39 is 5.97 Å². The van der Waals surface area contributed by atoms with Gasteiger partial charge in [-0.2, -0.15) is 4.98 Å². The minimum absolute atomic E-state index is 0.153. The van der Waals surface area contributed by atoms with E-state index in [1.165, 1.54) is 0 Å². The van der Waals surface area contributed by atoms with Gasteiger partial charge in [-0.15, -0.1) is 0 Å². The van der Waals surface area contributed by atoms with Crippen molar-refractivity contribution in [1.29, 1.82) is 0 Å². The zero-order valence-electron chi connectivity index (χ0n) is 11.2. The van der Waals surface area contributed by atoms with Crippen molar-refractivity contribution in [3.63, 3.8) is 0 Å². The second-order valence-corrected chi connectivity index (χ2v) is 4.73. The van der Waals surface area contributed by atoms with Crippen LogP contribution < -0.4 is 4.74 Å². The van der Waals surface area contributed by atoms with Crippen molar-refractivity contribution < 1.29 is 19.4 Å². The Labute approximate surface area is 115 Å². The van der Waals surface area contributed by atoms with Crippen LogP contribution in [0.15, 0.2) is 18.2 Å². The number of rotatable bonds is 5. The second-order valence-electron chi connectivity index (χ2n) is 4.73. The van der Waals surface area contributed by atoms with Crippen molar-refractivity contribution in [3.8, 4) is 6.01 Å². The van der Waals surface area contributed by atoms with Gasteiger partial charge in [-0.1, -0.05) is 0 Å². The predicted octanol–water partition coefficient (Wildman–Crippen LogP) is 1.92. The topological polar surface area (TPSA) is 73.6 Å². The first-order valence-electron chi connectivity index (χ1n) is 6.67. The highest BCUT2D eigenvalue weighted by molar-refractivity contribution is 5.92. The number of fused-ring (bicyclic) bond motifs is 1. The van der Waals surface area contributed by atoms with E-state index in [-0.39, 0.29) is 11.7 Å². The minimum Gasteiger partial charge on any atom is -0.478 e. The smallest absolute Gasteiger partial charge is 0.335 e. The van der Waals surface area contributed by atoms with Gasteiger partial charge in [0, 0.05) is 6.61 Å². The first-order chi connectivity index (χ1) is 9.69. The van der Waals surface area contributed by atoms with E-state index in [1.807, 2.05) is 11.5 Å². The van der Waals surface area contributed by atoms with Gasteiger partial charge in [0.2, 0.25) is 0 Å². The molecule has 0 bridgehead atoms. The average Bonchev–Trinajstić information content (AvgIpc) is 2.71. The van der Waals surface area contributed by atoms with Gasteiger partial charge in [-0.25, -0.2) is 4.79 Å². The van der Waals surface area contributed by atoms with Crippen molar-refractivity contribution in [2.45, 2.75) is 26.0 Å². The molecule has 0 aliphatic carbocycles. The Morgan fingerprint density at radius 1 is 1.60 bits per heavy atom. The predicted molar refractivity (Wildman–Crippen MR) is 72.2 cm³/mol. The molecule has 0 amide bonds. The van der Waals surface area contributed by atoms with Crippen LogP contribution >= 0.6 is 0 Å². The van der Waals surface area contributed by atoms with Gasteiger partial charge < -0.3 is 14.6 Å². The Bertz CT molecular complexity index is 646. The molecule has 1 saturated heterocycles. The number of hydrogen-bond donors (Lipinski definition) is 1. The van der Waals surface area contributed by atoms with Crippen LogP contribution in [0.5, 0.6) is 6.01 Å². The molecule has 0 spiro atoms. The van der Waals surface area contributed by atoms with Gasteiger partial charge in [0.25, 0.3) is 6.01 Å². The van der Waals surface area contributed by atoms with Gasteiger partial charge in [-0.05, 0) is 31.5 Å². The van der Waals surface area contributed by atoms with Gasteiger partial charge in [0.15, 0.2) is 0 Å². The van der Waals surface area contributed by atoms with Crippen molar-refractivity contribution in [2.24, 2.45) is 0 Å². The molecular formula is C14H16N2O4. The van der Waals surface area contributed by atoms with Crippen molar-refractivity contribution in [2.75, 3.05) is 13.2 Å². The summed E-state index contributed by atoms with van der Waals surface area (Å²) in [4.78, 5) is 15.5. The fraction of sp³-hybridized carbons (Fsp3) is 0.429. The second kappa shape index (κ2) is 5.13. The van der Waals surface area contributed by atoms with Crippen LogP contribution in [0.25, 0.3) is 11.0 Å². The number of benzene rings is 1. The van der Waals surface area contributed by atoms with E-state index in [1.54, 1.807) is 18.2 Å². The van der Waals surface area contributed by atoms with E-state index >= 15 is 0 Å². The number of nitrogens with zero attached hydrogens (tertiary/aromatic N) is 2. The number of aromatic nitrogens is 2. The molecule has 106 valence electrons. The third kappa shape index (κ3) is 2.22. The maximum Gasteiger partial charge on any atom is 0.335 e. The molecule has 1 aliphatic heterocycles. The van der Waals surface area contributed by atoms with Crippen molar-refractivity contribution in [3.05, 3.63) is 23.8 Å². The van der Waals surface area contributed by atoms with Crippen LogP contribution in [0.1, 0.15) is 23.7 Å². The molecule has 0 radical (unpaired) electrons. The standard InChI is InChI=1S/C14H16N2O4/c1-2-19-14-15-11-4-3-9(13(17)18)7-12(11)16(14)8-10-5-6-20-10/h3-4,7,10H,2,5-6,8H2,1H3,(H,17,18). The summed E-state index contributed by atoms with van der Waals surface area (Å²) >= 11 is 0. The summed E-state index contributed by atoms with van der Waals surface area (Å²) in [7, 11) is 0. The number of ether oxygens (including phenoxy) is 2. The monoisotopic (exact) mass is 276 g/mol. The molecule has 1 fully saturated rings. The van der Waals surface area contributed by atoms with Gasteiger partial charge >= 0.3 is 5.97 Å². The van der Waals surface area contributed by atoms with Gasteiger partial charge in [0.05, 0.1) is 35.9 Å². The molecule has 0 saturated carbocycles. The molecule has 1 atom stereocenters. The fourth-order valence-corrected chi connectivity index (χ4v) is 2.28. The molecule has 1 N–H and O–H groups in total. The van der Waals surface area contributed by atoms with Crippen LogP contribution in [-0.2, 0) is 11.3 Å². The minimum atomic E-state index is -0.947. The number of imidazole rings is 1. The molecule has 1 aromatic heterocycles. The van der Waals surface area contributed by atoms with E-state index in [4.69, 9.17) is 14.6 Å². The SMILES string of the molecule is CCOc1nc2ccc(C(=O)O)cc2n1CC1CCO1. The Balaban J connectivity index is 2.06. The molecule has 2 heterocycles. The summed E-state index contributed by atoms with van der Waals surface area (Å²) in [6, 6.07) is 5.41. The lowest BCUT2D eigenvalue weighted by Crippen LogP contribution is -2.31. The molecule has 1 aromatic carbocycles. The summed E-state index contributed by atoms with van der Waals surface area (Å²) in [5.41, 5.74) is 1.75. The molecule has 6 heteroatoms. The summed E-state index contributed by atoms with van der Waals surface area (Å²) in [6.07, 6.45) is 1.16. The maximum atomic E-state index is 11.1. The lowest BCUT2D eigenvalue weighted by Gasteiger charge is -2.27. The highest BCUT2D eigenvalue weighted by Gasteiger charge is 2.22. The number of carboxylic acids is 1. The molecule has 1 unspecified atom stereocenters. The Morgan fingerprint density at radius 3 is 3.00 bits per heavy atom. The highest BCUT2D eigenvalue weighted by Crippen LogP contribution is 2.25. The molecule has 2 aromatic rings. The quantitative estimate of drug-likeness (QED) is 0.903. The van der Waals surface area contributed by atoms with Gasteiger partial charge in [-0.3, -0.25) is 4.57 Å². The molecule has 1 aliphatic rings. The Hall–Kier alpha value is -2.08. The molecule has 20 heavy (non-hydrogen) atoms. The third-order valence-corrected chi connectivity index (χ3v) is 3.41. The Morgan fingerprint density at radius 2 is 2.40 bits per heavy atom. The van der Waals surface area contributed by atoms with Crippen LogP contribution in [0.3, 0.4) is 0 Å². The molecular weight excluding hydrogens is 260 g/mol. The van der Waals surface area contributed by atoms with Crippen LogP contribution in [0.4, 0.5) is 0 Å². The maximum absolute atomic E-state index is 11.1. The lowest BCUT2D eigenvalue weighted by molar-refractivity contribution is -0.0595. The number of hydrogen-bond acceptors (Lipinski definition) is 4. The Kier molecular flexibility index (Phi) is 3.31. The first-order valence-corrected chi connectivity index (χ1v) is 6.67. The fourth-order valence-electron chi connectivity index (χ4n) is 2.28. The molecule has 3 rings (SSSR count). The normalized spacial score (nSPS) is 17.9. The van der Waals surface area contributed by atoms with E-state index in [9.17, 15) is 4.79 Å².